The summed E-state index contributed by atoms with van der Waals surface area (Å²) in [6.45, 7) is 0. The lowest BCUT2D eigenvalue weighted by molar-refractivity contribution is 0.413. The van der Waals surface area contributed by atoms with Crippen molar-refractivity contribution < 1.29 is 4.74 Å². The van der Waals surface area contributed by atoms with E-state index in [0.29, 0.717) is 10.9 Å². The molecule has 0 unspecified atom stereocenters. The number of H-pyrrole nitrogens is 1. The number of rotatable bonds is 1. The highest BCUT2D eigenvalue weighted by Gasteiger charge is 2.06. The molecule has 1 heterocycles. The second kappa shape index (κ2) is 3.14. The SMILES string of the molecule is COC(=S)c1nc2ccccc2[nH]1. The monoisotopic (exact) mass is 192 g/mol. The van der Waals surface area contributed by atoms with Crippen molar-refractivity contribution in [2.45, 2.75) is 0 Å². The predicted molar refractivity (Wildman–Crippen MR) is 54.8 cm³/mol. The first kappa shape index (κ1) is 8.19. The van der Waals surface area contributed by atoms with Gasteiger partial charge in [-0.25, -0.2) is 4.98 Å². The van der Waals surface area contributed by atoms with Crippen LogP contribution < -0.4 is 0 Å². The number of imidazole rings is 1. The fourth-order valence-corrected chi connectivity index (χ4v) is 1.24. The normalized spacial score (nSPS) is 10.2. The van der Waals surface area contributed by atoms with Gasteiger partial charge < -0.3 is 9.72 Å². The van der Waals surface area contributed by atoms with Crippen molar-refractivity contribution in [3.8, 4) is 0 Å². The van der Waals surface area contributed by atoms with Gasteiger partial charge in [-0.2, -0.15) is 0 Å². The van der Waals surface area contributed by atoms with Crippen molar-refractivity contribution in [1.29, 1.82) is 0 Å². The lowest BCUT2D eigenvalue weighted by Crippen LogP contribution is -2.01. The smallest absolute Gasteiger partial charge is 0.227 e. The van der Waals surface area contributed by atoms with Gasteiger partial charge in [0.15, 0.2) is 5.82 Å². The maximum Gasteiger partial charge on any atom is 0.227 e. The van der Waals surface area contributed by atoms with Crippen molar-refractivity contribution in [3.63, 3.8) is 0 Å². The van der Waals surface area contributed by atoms with Crippen LogP contribution in [0, 0.1) is 0 Å². The number of aromatic nitrogens is 2. The van der Waals surface area contributed by atoms with Gasteiger partial charge in [0.25, 0.3) is 0 Å². The Morgan fingerprint density at radius 2 is 2.23 bits per heavy atom. The van der Waals surface area contributed by atoms with E-state index in [1.807, 2.05) is 24.3 Å². The Morgan fingerprint density at radius 3 is 2.92 bits per heavy atom. The Morgan fingerprint density at radius 1 is 1.46 bits per heavy atom. The molecule has 4 heteroatoms. The van der Waals surface area contributed by atoms with Crippen LogP contribution in [0.4, 0.5) is 0 Å². The van der Waals surface area contributed by atoms with Gasteiger partial charge in [0.05, 0.1) is 18.1 Å². The first-order chi connectivity index (χ1) is 6.31. The molecule has 0 radical (unpaired) electrons. The van der Waals surface area contributed by atoms with E-state index in [4.69, 9.17) is 17.0 Å². The van der Waals surface area contributed by atoms with E-state index in [0.717, 1.165) is 11.0 Å². The van der Waals surface area contributed by atoms with E-state index in [1.54, 1.807) is 0 Å². The van der Waals surface area contributed by atoms with Crippen LogP contribution in [0.15, 0.2) is 24.3 Å². The molecule has 2 rings (SSSR count). The molecule has 1 aromatic heterocycles. The summed E-state index contributed by atoms with van der Waals surface area (Å²) in [4.78, 5) is 7.33. The number of ether oxygens (including phenoxy) is 1. The molecule has 0 bridgehead atoms. The molecular weight excluding hydrogens is 184 g/mol. The van der Waals surface area contributed by atoms with Gasteiger partial charge in [0.1, 0.15) is 0 Å². The molecule has 0 fully saturated rings. The van der Waals surface area contributed by atoms with Gasteiger partial charge in [-0.3, -0.25) is 0 Å². The van der Waals surface area contributed by atoms with Crippen LogP contribution >= 0.6 is 12.2 Å². The molecule has 1 N–H and O–H groups in total. The molecule has 1 aromatic carbocycles. The number of methoxy groups -OCH3 is 1. The number of fused-ring (bicyclic) bond motifs is 1. The zero-order valence-corrected chi connectivity index (χ0v) is 7.89. The Bertz CT molecular complexity index is 417. The van der Waals surface area contributed by atoms with Gasteiger partial charge in [0, 0.05) is 0 Å². The third kappa shape index (κ3) is 1.40. The van der Waals surface area contributed by atoms with E-state index in [2.05, 4.69) is 9.97 Å². The first-order valence-corrected chi connectivity index (χ1v) is 4.25. The quantitative estimate of drug-likeness (QED) is 0.701. The Hall–Kier alpha value is -1.42. The maximum atomic E-state index is 4.95. The molecule has 0 aliphatic rings. The van der Waals surface area contributed by atoms with Gasteiger partial charge in [-0.05, 0) is 24.4 Å². The first-order valence-electron chi connectivity index (χ1n) is 3.84. The van der Waals surface area contributed by atoms with Crippen molar-refractivity contribution in [3.05, 3.63) is 30.1 Å². The van der Waals surface area contributed by atoms with Crippen LogP contribution in [0.3, 0.4) is 0 Å². The van der Waals surface area contributed by atoms with E-state index in [1.165, 1.54) is 7.11 Å². The van der Waals surface area contributed by atoms with Crippen molar-refractivity contribution in [2.24, 2.45) is 0 Å². The summed E-state index contributed by atoms with van der Waals surface area (Å²) >= 11 is 4.95. The summed E-state index contributed by atoms with van der Waals surface area (Å²) in [5, 5.41) is 0.385. The molecule has 0 atom stereocenters. The summed E-state index contributed by atoms with van der Waals surface area (Å²) < 4.78 is 4.90. The Kier molecular flexibility index (Phi) is 1.98. The third-order valence-electron chi connectivity index (χ3n) is 1.77. The van der Waals surface area contributed by atoms with E-state index >= 15 is 0 Å². The number of hydrogen-bond donors (Lipinski definition) is 1. The fourth-order valence-electron chi connectivity index (χ4n) is 1.15. The minimum atomic E-state index is 0.385. The molecule has 0 spiro atoms. The molecule has 0 saturated heterocycles. The zero-order chi connectivity index (χ0) is 9.26. The number of thiocarbonyl (C=S) groups is 1. The topological polar surface area (TPSA) is 37.9 Å². The second-order valence-electron chi connectivity index (χ2n) is 2.59. The molecule has 2 aromatic rings. The summed E-state index contributed by atoms with van der Waals surface area (Å²) in [5.74, 6) is 0.610. The number of nitrogens with zero attached hydrogens (tertiary/aromatic N) is 1. The van der Waals surface area contributed by atoms with Gasteiger partial charge in [-0.1, -0.05) is 12.1 Å². The molecule has 0 aliphatic carbocycles. The van der Waals surface area contributed by atoms with E-state index < -0.39 is 0 Å². The maximum absolute atomic E-state index is 4.95. The Labute approximate surface area is 80.7 Å². The summed E-state index contributed by atoms with van der Waals surface area (Å²) in [6, 6.07) is 7.75. The molecule has 0 amide bonds. The molecule has 13 heavy (non-hydrogen) atoms. The van der Waals surface area contributed by atoms with Crippen molar-refractivity contribution in [2.75, 3.05) is 7.11 Å². The van der Waals surface area contributed by atoms with E-state index in [-0.39, 0.29) is 0 Å². The van der Waals surface area contributed by atoms with Crippen LogP contribution in [-0.4, -0.2) is 22.1 Å². The molecular formula is C9H8N2OS. The minimum absolute atomic E-state index is 0.385. The van der Waals surface area contributed by atoms with Gasteiger partial charge in [0.2, 0.25) is 5.05 Å². The number of aromatic amines is 1. The zero-order valence-electron chi connectivity index (χ0n) is 7.07. The van der Waals surface area contributed by atoms with Crippen molar-refractivity contribution in [1.82, 2.24) is 9.97 Å². The predicted octanol–water partition coefficient (Wildman–Crippen LogP) is 1.88. The average molecular weight is 192 g/mol. The fraction of sp³-hybridized carbons (Fsp3) is 0.111. The third-order valence-corrected chi connectivity index (χ3v) is 2.13. The number of hydrogen-bond acceptors (Lipinski definition) is 3. The second-order valence-corrected chi connectivity index (χ2v) is 2.96. The lowest BCUT2D eigenvalue weighted by atomic mass is 10.3. The Balaban J connectivity index is 2.56. The molecule has 3 nitrogen and oxygen atoms in total. The van der Waals surface area contributed by atoms with Gasteiger partial charge >= 0.3 is 0 Å². The molecule has 0 saturated carbocycles. The summed E-state index contributed by atoms with van der Waals surface area (Å²) in [5.41, 5.74) is 1.87. The largest absolute Gasteiger partial charge is 0.484 e. The highest BCUT2D eigenvalue weighted by molar-refractivity contribution is 7.80. The van der Waals surface area contributed by atoms with Crippen molar-refractivity contribution >= 4 is 28.3 Å². The highest BCUT2D eigenvalue weighted by Crippen LogP contribution is 2.10. The standard InChI is InChI=1S/C9H8N2OS/c1-12-9(13)8-10-6-4-2-3-5-7(6)11-8/h2-5H,1H3,(H,10,11). The average Bonchev–Trinajstić information content (AvgIpc) is 2.59. The number of benzene rings is 1. The number of nitrogens with one attached hydrogen (secondary N) is 1. The molecule has 0 aliphatic heterocycles. The van der Waals surface area contributed by atoms with Crippen LogP contribution in [0.1, 0.15) is 5.82 Å². The van der Waals surface area contributed by atoms with Crippen LogP contribution in [-0.2, 0) is 4.74 Å². The summed E-state index contributed by atoms with van der Waals surface area (Å²) in [6.07, 6.45) is 0. The minimum Gasteiger partial charge on any atom is -0.484 e. The van der Waals surface area contributed by atoms with Gasteiger partial charge in [-0.15, -0.1) is 0 Å². The lowest BCUT2D eigenvalue weighted by Gasteiger charge is -1.94. The highest BCUT2D eigenvalue weighted by atomic mass is 32.1. The number of para-hydroxylation sites is 2. The molecule has 66 valence electrons. The van der Waals surface area contributed by atoms with Crippen LogP contribution in [0.2, 0.25) is 0 Å². The van der Waals surface area contributed by atoms with E-state index in [9.17, 15) is 0 Å². The van der Waals surface area contributed by atoms with Crippen LogP contribution in [0.5, 0.6) is 0 Å². The van der Waals surface area contributed by atoms with Crippen LogP contribution in [0.25, 0.3) is 11.0 Å². The summed E-state index contributed by atoms with van der Waals surface area (Å²) in [7, 11) is 1.54.